The van der Waals surface area contributed by atoms with Crippen LogP contribution >= 0.6 is 23.2 Å². The number of nitrogen functional groups attached to an aromatic ring is 1. The number of aromatic nitrogens is 1. The largest absolute Gasteiger partial charge is 0.465 e. The van der Waals surface area contributed by atoms with E-state index in [0.717, 1.165) is 40.6 Å². The van der Waals surface area contributed by atoms with E-state index in [1.807, 2.05) is 13.0 Å². The molecule has 7 heteroatoms. The topological polar surface area (TPSA) is 73.8 Å². The van der Waals surface area contributed by atoms with E-state index in [1.165, 1.54) is 11.5 Å². The van der Waals surface area contributed by atoms with Crippen LogP contribution in [0.4, 0.5) is 5.69 Å². The second-order valence-electron chi connectivity index (χ2n) is 7.01. The Labute approximate surface area is 171 Å². The van der Waals surface area contributed by atoms with Gasteiger partial charge in [0, 0.05) is 6.20 Å². The fraction of sp³-hybridized carbons (Fsp3) is 0.238. The minimum absolute atomic E-state index is 0.0487. The normalized spacial score (nSPS) is 13.7. The van der Waals surface area contributed by atoms with E-state index in [2.05, 4.69) is 0 Å². The molecule has 0 aliphatic heterocycles. The molecule has 2 N–H and O–H groups in total. The van der Waals surface area contributed by atoms with Gasteiger partial charge in [-0.15, -0.1) is 0 Å². The van der Waals surface area contributed by atoms with Crippen LogP contribution in [0, 0.1) is 6.92 Å². The lowest BCUT2D eigenvalue weighted by Gasteiger charge is -2.16. The number of fused-ring (bicyclic) bond motifs is 1. The van der Waals surface area contributed by atoms with Crippen LogP contribution in [0.15, 0.2) is 35.3 Å². The quantitative estimate of drug-likeness (QED) is 0.490. The summed E-state index contributed by atoms with van der Waals surface area (Å²) in [5.74, 6) is -0.299. The summed E-state index contributed by atoms with van der Waals surface area (Å²) >= 11 is 12.4. The van der Waals surface area contributed by atoms with E-state index < -0.39 is 11.5 Å². The van der Waals surface area contributed by atoms with Crippen molar-refractivity contribution in [3.05, 3.63) is 67.6 Å². The molecule has 1 aliphatic carbocycles. The first-order valence-corrected chi connectivity index (χ1v) is 9.61. The Hall–Kier alpha value is -2.50. The maximum Gasteiger partial charge on any atom is 0.343 e. The number of ether oxygens (including phenoxy) is 1. The molecule has 3 aromatic rings. The Morgan fingerprint density at radius 3 is 2.43 bits per heavy atom. The molecule has 0 radical (unpaired) electrons. The lowest BCUT2D eigenvalue weighted by atomic mass is 9.96. The van der Waals surface area contributed by atoms with Crippen molar-refractivity contribution in [2.45, 2.75) is 25.7 Å². The van der Waals surface area contributed by atoms with Crippen molar-refractivity contribution in [3.63, 3.8) is 0 Å². The SMILES string of the molecule is COC(=O)c1cc(C2CC2)c2c(C)c(-c3cc(Cl)c(N)c(Cl)c3)ccn2c1=O. The average Bonchev–Trinajstić information content (AvgIpc) is 3.51. The monoisotopic (exact) mass is 416 g/mol. The van der Waals surface area contributed by atoms with Crippen LogP contribution in [-0.2, 0) is 4.74 Å². The number of aryl methyl sites for hydroxylation is 1. The number of carbonyl (C=O) groups excluding carboxylic acids is 1. The first-order chi connectivity index (χ1) is 13.3. The summed E-state index contributed by atoms with van der Waals surface area (Å²) in [5.41, 5.74) is 10.3. The predicted molar refractivity (Wildman–Crippen MR) is 112 cm³/mol. The van der Waals surface area contributed by atoms with Gasteiger partial charge in [0.2, 0.25) is 0 Å². The first kappa shape index (κ1) is 18.8. The van der Waals surface area contributed by atoms with E-state index in [-0.39, 0.29) is 5.56 Å². The molecule has 0 atom stereocenters. The van der Waals surface area contributed by atoms with Gasteiger partial charge in [0.05, 0.1) is 28.4 Å². The summed E-state index contributed by atoms with van der Waals surface area (Å²) in [6.07, 6.45) is 3.73. The predicted octanol–water partition coefficient (Wildman–Crippen LogP) is 4.83. The van der Waals surface area contributed by atoms with Crippen LogP contribution in [0.3, 0.4) is 0 Å². The molecule has 0 unspecified atom stereocenters. The number of pyridine rings is 2. The summed E-state index contributed by atoms with van der Waals surface area (Å²) < 4.78 is 6.32. The molecular formula is C21H18Cl2N2O3. The van der Waals surface area contributed by atoms with Gasteiger partial charge in [0.1, 0.15) is 5.56 Å². The van der Waals surface area contributed by atoms with Crippen LogP contribution in [0.2, 0.25) is 10.0 Å². The molecular weight excluding hydrogens is 399 g/mol. The summed E-state index contributed by atoms with van der Waals surface area (Å²) in [4.78, 5) is 25.0. The number of benzene rings is 1. The van der Waals surface area contributed by atoms with Gasteiger partial charge < -0.3 is 10.5 Å². The maximum atomic E-state index is 12.9. The Morgan fingerprint density at radius 2 is 1.86 bits per heavy atom. The minimum atomic E-state index is -0.625. The number of anilines is 1. The number of halogens is 2. The number of hydrogen-bond donors (Lipinski definition) is 1. The van der Waals surface area contributed by atoms with Crippen LogP contribution in [0.5, 0.6) is 0 Å². The van der Waals surface area contributed by atoms with Gasteiger partial charge in [-0.1, -0.05) is 23.2 Å². The maximum absolute atomic E-state index is 12.9. The summed E-state index contributed by atoms with van der Waals surface area (Å²) in [7, 11) is 1.27. The third-order valence-corrected chi connectivity index (χ3v) is 5.85. The Balaban J connectivity index is 2.03. The highest BCUT2D eigenvalue weighted by atomic mass is 35.5. The lowest BCUT2D eigenvalue weighted by molar-refractivity contribution is 0.0598. The average molecular weight is 417 g/mol. The van der Waals surface area contributed by atoms with Crippen molar-refractivity contribution >= 4 is 40.4 Å². The third-order valence-electron chi connectivity index (χ3n) is 5.23. The van der Waals surface area contributed by atoms with Crippen molar-refractivity contribution in [1.29, 1.82) is 0 Å². The number of methoxy groups -OCH3 is 1. The molecule has 0 spiro atoms. The molecule has 144 valence electrons. The third kappa shape index (κ3) is 2.95. The second kappa shape index (κ2) is 6.83. The molecule has 4 rings (SSSR count). The van der Waals surface area contributed by atoms with E-state index in [1.54, 1.807) is 24.4 Å². The number of hydrogen-bond acceptors (Lipinski definition) is 4. The molecule has 1 saturated carbocycles. The van der Waals surface area contributed by atoms with Crippen LogP contribution in [-0.4, -0.2) is 17.5 Å². The van der Waals surface area contributed by atoms with Crippen molar-refractivity contribution < 1.29 is 9.53 Å². The van der Waals surface area contributed by atoms with Crippen molar-refractivity contribution in [3.8, 4) is 11.1 Å². The van der Waals surface area contributed by atoms with Gasteiger partial charge in [-0.05, 0) is 72.2 Å². The van der Waals surface area contributed by atoms with Gasteiger partial charge in [-0.3, -0.25) is 9.20 Å². The molecule has 1 aromatic carbocycles. The van der Waals surface area contributed by atoms with Gasteiger partial charge in [-0.25, -0.2) is 4.79 Å². The van der Waals surface area contributed by atoms with E-state index in [4.69, 9.17) is 33.7 Å². The fourth-order valence-corrected chi connectivity index (χ4v) is 4.10. The molecule has 5 nitrogen and oxygen atoms in total. The molecule has 0 bridgehead atoms. The molecule has 28 heavy (non-hydrogen) atoms. The zero-order valence-electron chi connectivity index (χ0n) is 15.4. The van der Waals surface area contributed by atoms with E-state index in [9.17, 15) is 9.59 Å². The van der Waals surface area contributed by atoms with Gasteiger partial charge in [0.25, 0.3) is 5.56 Å². The highest BCUT2D eigenvalue weighted by Crippen LogP contribution is 2.44. The van der Waals surface area contributed by atoms with Crippen LogP contribution in [0.1, 0.15) is 40.2 Å². The first-order valence-electron chi connectivity index (χ1n) is 8.85. The molecule has 2 heterocycles. The molecule has 1 aliphatic rings. The van der Waals surface area contributed by atoms with Crippen LogP contribution < -0.4 is 11.3 Å². The van der Waals surface area contributed by atoms with Gasteiger partial charge in [-0.2, -0.15) is 0 Å². The van der Waals surface area contributed by atoms with Crippen molar-refractivity contribution in [1.82, 2.24) is 4.40 Å². The highest BCUT2D eigenvalue weighted by molar-refractivity contribution is 6.39. The molecule has 0 saturated heterocycles. The minimum Gasteiger partial charge on any atom is -0.465 e. The zero-order valence-corrected chi connectivity index (χ0v) is 16.9. The number of carbonyl (C=O) groups is 1. The number of nitrogens with two attached hydrogens (primary N) is 1. The number of nitrogens with zero attached hydrogens (tertiary/aromatic N) is 1. The molecule has 1 fully saturated rings. The van der Waals surface area contributed by atoms with E-state index >= 15 is 0 Å². The van der Waals surface area contributed by atoms with Crippen molar-refractivity contribution in [2.24, 2.45) is 0 Å². The highest BCUT2D eigenvalue weighted by Gasteiger charge is 2.29. The molecule has 2 aromatic heterocycles. The van der Waals surface area contributed by atoms with Crippen molar-refractivity contribution in [2.75, 3.05) is 12.8 Å². The van der Waals surface area contributed by atoms with Gasteiger partial charge in [0.15, 0.2) is 0 Å². The number of rotatable bonds is 3. The second-order valence-corrected chi connectivity index (χ2v) is 7.83. The van der Waals surface area contributed by atoms with Gasteiger partial charge >= 0.3 is 5.97 Å². The summed E-state index contributed by atoms with van der Waals surface area (Å²) in [5, 5.41) is 0.755. The smallest absolute Gasteiger partial charge is 0.343 e. The number of esters is 1. The Bertz CT molecular complexity index is 1170. The zero-order chi connectivity index (χ0) is 20.2. The summed E-state index contributed by atoms with van der Waals surface area (Å²) in [6, 6.07) is 7.03. The molecule has 0 amide bonds. The standard InChI is InChI=1S/C21H18Cl2N2O3/c1-10-13(12-7-16(22)18(24)17(23)8-12)5-6-25-19(10)14(11-3-4-11)9-15(20(25)26)21(27)28-2/h5-9,11H,3-4,24H2,1-2H3. The fourth-order valence-electron chi connectivity index (χ4n) is 3.61. The Kier molecular flexibility index (Phi) is 4.60. The Morgan fingerprint density at radius 1 is 1.21 bits per heavy atom. The summed E-state index contributed by atoms with van der Waals surface area (Å²) in [6.45, 7) is 1.95. The lowest BCUT2D eigenvalue weighted by Crippen LogP contribution is -2.24. The van der Waals surface area contributed by atoms with Crippen LogP contribution in [0.25, 0.3) is 16.6 Å². The van der Waals surface area contributed by atoms with E-state index in [0.29, 0.717) is 21.7 Å².